The molecule has 0 amide bonds. The van der Waals surface area contributed by atoms with Crippen LogP contribution in [0.15, 0.2) is 53.5 Å². The summed E-state index contributed by atoms with van der Waals surface area (Å²) in [7, 11) is 0. The van der Waals surface area contributed by atoms with Gasteiger partial charge in [-0.25, -0.2) is 4.99 Å². The third-order valence-corrected chi connectivity index (χ3v) is 6.82. The van der Waals surface area contributed by atoms with Crippen LogP contribution in [-0.4, -0.2) is 16.5 Å². The molecule has 2 nitrogen and oxygen atoms in total. The molecule has 2 aromatic carbocycles. The Labute approximate surface area is 159 Å². The molecule has 1 unspecified atom stereocenters. The van der Waals surface area contributed by atoms with Crippen molar-refractivity contribution in [2.45, 2.75) is 50.4 Å². The number of rotatable bonds is 3. The van der Waals surface area contributed by atoms with Crippen molar-refractivity contribution < 1.29 is 0 Å². The van der Waals surface area contributed by atoms with Crippen LogP contribution >= 0.6 is 11.8 Å². The van der Waals surface area contributed by atoms with E-state index in [1.165, 1.54) is 65.0 Å². The Morgan fingerprint density at radius 1 is 1.00 bits per heavy atom. The SMILES string of the molecule is Cc1ccc2c(c1)N=C1SC(NC3CCCCC3)C(c3ccccc3)=C12. The van der Waals surface area contributed by atoms with Crippen molar-refractivity contribution in [3.63, 3.8) is 0 Å². The second-order valence-corrected chi connectivity index (χ2v) is 8.69. The molecule has 26 heavy (non-hydrogen) atoms. The Hall–Kier alpha value is -1.84. The second kappa shape index (κ2) is 6.71. The highest BCUT2D eigenvalue weighted by Crippen LogP contribution is 2.51. The van der Waals surface area contributed by atoms with E-state index in [-0.39, 0.29) is 0 Å². The molecule has 1 N–H and O–H groups in total. The van der Waals surface area contributed by atoms with Crippen LogP contribution in [0.25, 0.3) is 11.1 Å². The molecule has 2 heterocycles. The predicted molar refractivity (Wildman–Crippen MR) is 113 cm³/mol. The van der Waals surface area contributed by atoms with Crippen LogP contribution in [0.3, 0.4) is 0 Å². The van der Waals surface area contributed by atoms with E-state index >= 15 is 0 Å². The van der Waals surface area contributed by atoms with E-state index in [2.05, 4.69) is 60.8 Å². The lowest BCUT2D eigenvalue weighted by atomic mass is 9.93. The highest BCUT2D eigenvalue weighted by molar-refractivity contribution is 8.16. The Morgan fingerprint density at radius 2 is 1.81 bits per heavy atom. The average molecular weight is 361 g/mol. The summed E-state index contributed by atoms with van der Waals surface area (Å²) < 4.78 is 0. The summed E-state index contributed by atoms with van der Waals surface area (Å²) in [6.07, 6.45) is 6.71. The van der Waals surface area contributed by atoms with Gasteiger partial charge in [0.15, 0.2) is 0 Å². The van der Waals surface area contributed by atoms with Gasteiger partial charge in [0, 0.05) is 17.2 Å². The lowest BCUT2D eigenvalue weighted by molar-refractivity contribution is 0.381. The van der Waals surface area contributed by atoms with Gasteiger partial charge in [-0.15, -0.1) is 0 Å². The average Bonchev–Trinajstić information content (AvgIpc) is 3.18. The monoisotopic (exact) mass is 360 g/mol. The first-order chi connectivity index (χ1) is 12.8. The molecule has 2 aromatic rings. The highest BCUT2D eigenvalue weighted by Gasteiger charge is 2.38. The van der Waals surface area contributed by atoms with Crippen LogP contribution < -0.4 is 5.32 Å². The fraction of sp³-hybridized carbons (Fsp3) is 0.348. The van der Waals surface area contributed by atoms with Gasteiger partial charge in [0.2, 0.25) is 0 Å². The molecule has 0 radical (unpaired) electrons. The summed E-state index contributed by atoms with van der Waals surface area (Å²) in [5.74, 6) is 0. The predicted octanol–water partition coefficient (Wildman–Crippen LogP) is 5.94. The molecule has 0 bridgehead atoms. The number of aliphatic imine (C=N–C) groups is 1. The van der Waals surface area contributed by atoms with Gasteiger partial charge in [0.1, 0.15) is 5.04 Å². The summed E-state index contributed by atoms with van der Waals surface area (Å²) in [4.78, 5) is 4.98. The molecule has 3 heteroatoms. The maximum atomic E-state index is 4.98. The minimum absolute atomic E-state index is 0.309. The zero-order valence-corrected chi connectivity index (χ0v) is 16.0. The summed E-state index contributed by atoms with van der Waals surface area (Å²) in [6, 6.07) is 18.2. The van der Waals surface area contributed by atoms with E-state index < -0.39 is 0 Å². The third-order valence-electron chi connectivity index (χ3n) is 5.70. The van der Waals surface area contributed by atoms with Gasteiger partial charge in [0.05, 0.1) is 11.1 Å². The summed E-state index contributed by atoms with van der Waals surface area (Å²) >= 11 is 1.91. The lowest BCUT2D eigenvalue weighted by Crippen LogP contribution is -2.37. The molecular formula is C23H24N2S. The van der Waals surface area contributed by atoms with Crippen molar-refractivity contribution in [1.29, 1.82) is 0 Å². The normalized spacial score (nSPS) is 22.3. The molecule has 0 aromatic heterocycles. The quantitative estimate of drug-likeness (QED) is 0.732. The van der Waals surface area contributed by atoms with Gasteiger partial charge in [-0.05, 0) is 42.5 Å². The number of hydrogen-bond acceptors (Lipinski definition) is 3. The zero-order valence-electron chi connectivity index (χ0n) is 15.2. The van der Waals surface area contributed by atoms with Crippen LogP contribution in [0, 0.1) is 6.92 Å². The smallest absolute Gasteiger partial charge is 0.107 e. The number of hydrogen-bond donors (Lipinski definition) is 1. The minimum atomic E-state index is 0.309. The molecule has 5 rings (SSSR count). The van der Waals surface area contributed by atoms with Gasteiger partial charge in [-0.2, -0.15) is 0 Å². The first-order valence-electron chi connectivity index (χ1n) is 9.72. The first kappa shape index (κ1) is 16.3. The highest BCUT2D eigenvalue weighted by atomic mass is 32.2. The standard InChI is InChI=1S/C23H24N2S/c1-15-12-13-18-19(14-15)25-23-21(18)20(16-8-4-2-5-9-16)22(26-23)24-17-10-6-3-7-11-17/h2,4-5,8-9,12-14,17,22,24H,3,6-7,10-11H2,1H3. The number of nitrogens with one attached hydrogen (secondary N) is 1. The van der Waals surface area contributed by atoms with E-state index in [9.17, 15) is 0 Å². The molecule has 1 atom stereocenters. The molecule has 2 aliphatic heterocycles. The van der Waals surface area contributed by atoms with E-state index in [1.54, 1.807) is 0 Å². The Balaban J connectivity index is 1.58. The molecule has 1 fully saturated rings. The van der Waals surface area contributed by atoms with Crippen LogP contribution in [-0.2, 0) is 0 Å². The zero-order chi connectivity index (χ0) is 17.5. The van der Waals surface area contributed by atoms with Crippen molar-refractivity contribution in [2.75, 3.05) is 0 Å². The Bertz CT molecular complexity index is 892. The molecular weight excluding hydrogens is 336 g/mol. The van der Waals surface area contributed by atoms with E-state index in [0.29, 0.717) is 11.4 Å². The van der Waals surface area contributed by atoms with E-state index in [1.807, 2.05) is 11.8 Å². The van der Waals surface area contributed by atoms with Gasteiger partial charge in [0.25, 0.3) is 0 Å². The van der Waals surface area contributed by atoms with Gasteiger partial charge in [-0.3, -0.25) is 5.32 Å². The van der Waals surface area contributed by atoms with Crippen molar-refractivity contribution >= 4 is 33.6 Å². The second-order valence-electron chi connectivity index (χ2n) is 7.59. The van der Waals surface area contributed by atoms with Crippen LogP contribution in [0.2, 0.25) is 0 Å². The summed E-state index contributed by atoms with van der Waals surface area (Å²) in [5, 5.41) is 5.46. The third kappa shape index (κ3) is 2.83. The largest absolute Gasteiger partial charge is 0.298 e. The van der Waals surface area contributed by atoms with E-state index in [4.69, 9.17) is 4.99 Å². The Kier molecular flexibility index (Phi) is 4.22. The summed E-state index contributed by atoms with van der Waals surface area (Å²) in [6.45, 7) is 2.14. The van der Waals surface area contributed by atoms with Crippen LogP contribution in [0.4, 0.5) is 5.69 Å². The first-order valence-corrected chi connectivity index (χ1v) is 10.6. The van der Waals surface area contributed by atoms with E-state index in [0.717, 1.165) is 5.69 Å². The fourth-order valence-electron chi connectivity index (χ4n) is 4.39. The number of nitrogens with zero attached hydrogens (tertiary/aromatic N) is 1. The molecule has 1 aliphatic carbocycles. The number of fused-ring (bicyclic) bond motifs is 3. The molecule has 132 valence electrons. The molecule has 0 spiro atoms. The van der Waals surface area contributed by atoms with Crippen molar-refractivity contribution in [2.24, 2.45) is 4.99 Å². The maximum Gasteiger partial charge on any atom is 0.107 e. The number of thioether (sulfide) groups is 1. The molecule has 1 saturated carbocycles. The van der Waals surface area contributed by atoms with Crippen molar-refractivity contribution in [3.05, 3.63) is 65.2 Å². The van der Waals surface area contributed by atoms with Crippen LogP contribution in [0.5, 0.6) is 0 Å². The van der Waals surface area contributed by atoms with Crippen LogP contribution in [0.1, 0.15) is 48.8 Å². The number of benzene rings is 2. The maximum absolute atomic E-state index is 4.98. The topological polar surface area (TPSA) is 24.4 Å². The Morgan fingerprint density at radius 3 is 2.62 bits per heavy atom. The van der Waals surface area contributed by atoms with Crippen molar-refractivity contribution in [3.8, 4) is 0 Å². The minimum Gasteiger partial charge on any atom is -0.298 e. The molecule has 0 saturated heterocycles. The van der Waals surface area contributed by atoms with Crippen molar-refractivity contribution in [1.82, 2.24) is 5.32 Å². The van der Waals surface area contributed by atoms with Gasteiger partial charge in [-0.1, -0.05) is 73.5 Å². The number of aryl methyl sites for hydroxylation is 1. The molecule has 3 aliphatic rings. The van der Waals surface area contributed by atoms with Gasteiger partial charge < -0.3 is 0 Å². The fourth-order valence-corrected chi connectivity index (χ4v) is 5.73. The van der Waals surface area contributed by atoms with Gasteiger partial charge >= 0.3 is 0 Å². The lowest BCUT2D eigenvalue weighted by Gasteiger charge is -2.27. The summed E-state index contributed by atoms with van der Waals surface area (Å²) in [5.41, 5.74) is 7.79.